The van der Waals surface area contributed by atoms with Gasteiger partial charge in [0.2, 0.25) is 0 Å². The monoisotopic (exact) mass is 290 g/mol. The second-order valence-corrected chi connectivity index (χ2v) is 6.83. The van der Waals surface area contributed by atoms with Crippen LogP contribution < -0.4 is 10.6 Å². The van der Waals surface area contributed by atoms with Gasteiger partial charge in [0.1, 0.15) is 17.5 Å². The molecule has 0 saturated heterocycles. The zero-order valence-electron chi connectivity index (χ0n) is 14.1. The number of hydrogen-bond acceptors (Lipinski definition) is 4. The van der Waals surface area contributed by atoms with Crippen LogP contribution in [-0.4, -0.2) is 23.1 Å². The Morgan fingerprint density at radius 1 is 1.05 bits per heavy atom. The standard InChI is InChI=1S/C17H30N4/c1-6-18-15-9-16(21-17(20-15)13-7-8-13)19-10-14(11(2)3)12(4)5/h9,11-14H,6-8,10H2,1-5H3,(H2,18,19,20,21). The lowest BCUT2D eigenvalue weighted by Gasteiger charge is -2.25. The van der Waals surface area contributed by atoms with Crippen molar-refractivity contribution < 1.29 is 0 Å². The van der Waals surface area contributed by atoms with Crippen molar-refractivity contribution in [3.05, 3.63) is 11.9 Å². The van der Waals surface area contributed by atoms with E-state index in [-0.39, 0.29) is 0 Å². The highest BCUT2D eigenvalue weighted by Crippen LogP contribution is 2.38. The smallest absolute Gasteiger partial charge is 0.136 e. The molecule has 0 unspecified atom stereocenters. The Kier molecular flexibility index (Phi) is 5.43. The van der Waals surface area contributed by atoms with Gasteiger partial charge in [-0.25, -0.2) is 9.97 Å². The molecule has 4 heteroatoms. The number of nitrogens with zero attached hydrogens (tertiary/aromatic N) is 2. The lowest BCUT2D eigenvalue weighted by atomic mass is 9.85. The van der Waals surface area contributed by atoms with Gasteiger partial charge in [0, 0.05) is 25.1 Å². The topological polar surface area (TPSA) is 49.8 Å². The van der Waals surface area contributed by atoms with Crippen molar-refractivity contribution in [2.75, 3.05) is 23.7 Å². The van der Waals surface area contributed by atoms with Crippen molar-refractivity contribution in [3.63, 3.8) is 0 Å². The van der Waals surface area contributed by atoms with Crippen LogP contribution in [0.15, 0.2) is 6.07 Å². The van der Waals surface area contributed by atoms with E-state index >= 15 is 0 Å². The SMILES string of the molecule is CCNc1cc(NCC(C(C)C)C(C)C)nc(C2CC2)n1. The first-order valence-corrected chi connectivity index (χ1v) is 8.38. The summed E-state index contributed by atoms with van der Waals surface area (Å²) < 4.78 is 0. The fourth-order valence-electron chi connectivity index (χ4n) is 2.82. The van der Waals surface area contributed by atoms with Gasteiger partial charge in [0.25, 0.3) is 0 Å². The highest BCUT2D eigenvalue weighted by Gasteiger charge is 2.27. The quantitative estimate of drug-likeness (QED) is 0.756. The average Bonchev–Trinajstić information content (AvgIpc) is 3.22. The van der Waals surface area contributed by atoms with Gasteiger partial charge >= 0.3 is 0 Å². The summed E-state index contributed by atoms with van der Waals surface area (Å²) in [4.78, 5) is 9.33. The minimum absolute atomic E-state index is 0.579. The van der Waals surface area contributed by atoms with Gasteiger partial charge < -0.3 is 10.6 Å². The van der Waals surface area contributed by atoms with Gasteiger partial charge in [-0.2, -0.15) is 0 Å². The maximum Gasteiger partial charge on any atom is 0.136 e. The number of nitrogens with one attached hydrogen (secondary N) is 2. The summed E-state index contributed by atoms with van der Waals surface area (Å²) in [6, 6.07) is 2.03. The predicted octanol–water partition coefficient (Wildman–Crippen LogP) is 4.13. The van der Waals surface area contributed by atoms with Gasteiger partial charge in [-0.3, -0.25) is 0 Å². The van der Waals surface area contributed by atoms with Gasteiger partial charge in [-0.15, -0.1) is 0 Å². The summed E-state index contributed by atoms with van der Waals surface area (Å²) in [6.45, 7) is 13.2. The Morgan fingerprint density at radius 3 is 2.10 bits per heavy atom. The van der Waals surface area contributed by atoms with Crippen LogP contribution in [0.4, 0.5) is 11.6 Å². The normalized spacial score (nSPS) is 15.0. The Bertz CT molecular complexity index is 444. The van der Waals surface area contributed by atoms with Crippen LogP contribution in [0.3, 0.4) is 0 Å². The van der Waals surface area contributed by atoms with E-state index < -0.39 is 0 Å². The van der Waals surface area contributed by atoms with Crippen LogP contribution in [0.2, 0.25) is 0 Å². The molecule has 2 rings (SSSR count). The van der Waals surface area contributed by atoms with Crippen LogP contribution in [0, 0.1) is 17.8 Å². The van der Waals surface area contributed by atoms with Crippen LogP contribution >= 0.6 is 0 Å². The molecule has 0 spiro atoms. The van der Waals surface area contributed by atoms with E-state index in [4.69, 9.17) is 4.98 Å². The van der Waals surface area contributed by atoms with Gasteiger partial charge in [0.05, 0.1) is 0 Å². The first-order chi connectivity index (χ1) is 10.0. The van der Waals surface area contributed by atoms with E-state index in [9.17, 15) is 0 Å². The van der Waals surface area contributed by atoms with Crippen molar-refractivity contribution in [1.29, 1.82) is 0 Å². The molecule has 2 N–H and O–H groups in total. The van der Waals surface area contributed by atoms with E-state index in [1.165, 1.54) is 12.8 Å². The molecule has 1 aliphatic rings. The summed E-state index contributed by atoms with van der Waals surface area (Å²) >= 11 is 0. The largest absolute Gasteiger partial charge is 0.370 e. The lowest BCUT2D eigenvalue weighted by Crippen LogP contribution is -2.25. The molecule has 1 saturated carbocycles. The minimum Gasteiger partial charge on any atom is -0.370 e. The highest BCUT2D eigenvalue weighted by atomic mass is 15.1. The van der Waals surface area contributed by atoms with Crippen molar-refractivity contribution in [3.8, 4) is 0 Å². The second kappa shape index (κ2) is 7.10. The molecule has 21 heavy (non-hydrogen) atoms. The van der Waals surface area contributed by atoms with Crippen LogP contribution in [0.5, 0.6) is 0 Å². The first-order valence-electron chi connectivity index (χ1n) is 8.38. The average molecular weight is 290 g/mol. The number of rotatable bonds is 8. The maximum absolute atomic E-state index is 4.71. The fourth-order valence-corrected chi connectivity index (χ4v) is 2.82. The van der Waals surface area contributed by atoms with E-state index in [1.54, 1.807) is 0 Å². The van der Waals surface area contributed by atoms with E-state index in [2.05, 4.69) is 50.2 Å². The Labute approximate surface area is 129 Å². The second-order valence-electron chi connectivity index (χ2n) is 6.83. The first kappa shape index (κ1) is 16.1. The molecular weight excluding hydrogens is 260 g/mol. The molecule has 0 radical (unpaired) electrons. The van der Waals surface area contributed by atoms with E-state index in [0.717, 1.165) is 30.5 Å². The van der Waals surface area contributed by atoms with E-state index in [0.29, 0.717) is 23.7 Å². The van der Waals surface area contributed by atoms with Gasteiger partial charge in [-0.05, 0) is 37.5 Å². The van der Waals surface area contributed by atoms with Crippen molar-refractivity contribution >= 4 is 11.6 Å². The zero-order valence-corrected chi connectivity index (χ0v) is 14.1. The lowest BCUT2D eigenvalue weighted by molar-refractivity contribution is 0.304. The molecular formula is C17H30N4. The molecule has 1 heterocycles. The van der Waals surface area contributed by atoms with E-state index in [1.807, 2.05) is 6.07 Å². The molecule has 1 aromatic heterocycles. The number of aromatic nitrogens is 2. The van der Waals surface area contributed by atoms with Crippen LogP contribution in [-0.2, 0) is 0 Å². The molecule has 0 bridgehead atoms. The molecule has 0 aromatic carbocycles. The molecule has 0 amide bonds. The van der Waals surface area contributed by atoms with Crippen molar-refractivity contribution in [2.24, 2.45) is 17.8 Å². The molecule has 0 aliphatic heterocycles. The maximum atomic E-state index is 4.71. The van der Waals surface area contributed by atoms with Gasteiger partial charge in [-0.1, -0.05) is 27.7 Å². The Morgan fingerprint density at radius 2 is 1.62 bits per heavy atom. The molecule has 1 fully saturated rings. The summed E-state index contributed by atoms with van der Waals surface area (Å²) in [5, 5.41) is 6.85. The molecule has 118 valence electrons. The molecule has 1 aliphatic carbocycles. The van der Waals surface area contributed by atoms with Crippen molar-refractivity contribution in [1.82, 2.24) is 9.97 Å². The molecule has 1 aromatic rings. The summed E-state index contributed by atoms with van der Waals surface area (Å²) in [5.41, 5.74) is 0. The van der Waals surface area contributed by atoms with Gasteiger partial charge in [0.15, 0.2) is 0 Å². The van der Waals surface area contributed by atoms with Crippen LogP contribution in [0.1, 0.15) is 59.2 Å². The van der Waals surface area contributed by atoms with Crippen molar-refractivity contribution in [2.45, 2.75) is 53.4 Å². The third-order valence-corrected chi connectivity index (χ3v) is 4.28. The zero-order chi connectivity index (χ0) is 15.4. The number of hydrogen-bond donors (Lipinski definition) is 2. The van der Waals surface area contributed by atoms with Crippen LogP contribution in [0.25, 0.3) is 0 Å². The Hall–Kier alpha value is -1.32. The third kappa shape index (κ3) is 4.58. The summed E-state index contributed by atoms with van der Waals surface area (Å²) in [5.74, 6) is 5.51. The minimum atomic E-state index is 0.579. The Balaban J connectivity index is 2.07. The summed E-state index contributed by atoms with van der Waals surface area (Å²) in [7, 11) is 0. The number of anilines is 2. The third-order valence-electron chi connectivity index (χ3n) is 4.28. The predicted molar refractivity (Wildman–Crippen MR) is 89.8 cm³/mol. The fraction of sp³-hybridized carbons (Fsp3) is 0.765. The summed E-state index contributed by atoms with van der Waals surface area (Å²) in [6.07, 6.45) is 2.46. The molecule has 0 atom stereocenters. The molecule has 4 nitrogen and oxygen atoms in total. The highest BCUT2D eigenvalue weighted by molar-refractivity contribution is 5.48.